The third kappa shape index (κ3) is 3.69. The van der Waals surface area contributed by atoms with E-state index in [1.54, 1.807) is 12.1 Å². The van der Waals surface area contributed by atoms with E-state index in [4.69, 9.17) is 5.73 Å². The van der Waals surface area contributed by atoms with Crippen molar-refractivity contribution in [1.82, 2.24) is 5.32 Å². The van der Waals surface area contributed by atoms with Crippen molar-refractivity contribution in [2.75, 3.05) is 6.54 Å². The van der Waals surface area contributed by atoms with Gasteiger partial charge < -0.3 is 11.1 Å². The molecule has 1 aromatic carbocycles. The summed E-state index contributed by atoms with van der Waals surface area (Å²) in [6.07, 6.45) is 3.80. The van der Waals surface area contributed by atoms with Crippen LogP contribution in [0, 0.1) is 10.1 Å². The summed E-state index contributed by atoms with van der Waals surface area (Å²) in [7, 11) is 0. The van der Waals surface area contributed by atoms with E-state index in [-0.39, 0.29) is 22.5 Å². The van der Waals surface area contributed by atoms with Gasteiger partial charge in [-0.15, -0.1) is 0 Å². The van der Waals surface area contributed by atoms with E-state index in [9.17, 15) is 14.9 Å². The molecule has 0 aromatic heterocycles. The van der Waals surface area contributed by atoms with Crippen molar-refractivity contribution in [2.45, 2.75) is 57.4 Å². The predicted molar refractivity (Wildman–Crippen MR) is 89.5 cm³/mol. The minimum absolute atomic E-state index is 0.0154. The first-order valence-electron chi connectivity index (χ1n) is 8.00. The van der Waals surface area contributed by atoms with Crippen molar-refractivity contribution in [1.29, 1.82) is 0 Å². The van der Waals surface area contributed by atoms with E-state index in [0.29, 0.717) is 17.7 Å². The Morgan fingerprint density at radius 3 is 2.43 bits per heavy atom. The Labute approximate surface area is 136 Å². The van der Waals surface area contributed by atoms with Gasteiger partial charge in [0.2, 0.25) is 0 Å². The Morgan fingerprint density at radius 2 is 1.96 bits per heavy atom. The maximum absolute atomic E-state index is 12.5. The fraction of sp³-hybridized carbons (Fsp3) is 0.588. The molecule has 0 spiro atoms. The lowest BCUT2D eigenvalue weighted by Gasteiger charge is -2.28. The summed E-state index contributed by atoms with van der Waals surface area (Å²) in [6, 6.07) is 4.70. The first kappa shape index (κ1) is 17.4. The van der Waals surface area contributed by atoms with Crippen LogP contribution in [0.4, 0.5) is 5.69 Å². The maximum atomic E-state index is 12.5. The number of nitrogens with zero attached hydrogens (tertiary/aromatic N) is 1. The molecule has 1 aliphatic carbocycles. The minimum atomic E-state index is -0.425. The Hall–Kier alpha value is -1.95. The monoisotopic (exact) mass is 319 g/mol. The molecular weight excluding hydrogens is 294 g/mol. The third-order valence-corrected chi connectivity index (χ3v) is 4.59. The van der Waals surface area contributed by atoms with Crippen LogP contribution in [-0.2, 0) is 5.41 Å². The molecule has 6 heteroatoms. The molecule has 0 radical (unpaired) electrons. The Balaban J connectivity index is 2.31. The molecule has 1 aliphatic rings. The maximum Gasteiger partial charge on any atom is 0.273 e. The summed E-state index contributed by atoms with van der Waals surface area (Å²) >= 11 is 0. The molecule has 126 valence electrons. The van der Waals surface area contributed by atoms with Crippen LogP contribution in [-0.4, -0.2) is 22.9 Å². The molecule has 6 nitrogen and oxygen atoms in total. The van der Waals surface area contributed by atoms with Gasteiger partial charge >= 0.3 is 0 Å². The van der Waals surface area contributed by atoms with Gasteiger partial charge in [0.15, 0.2) is 0 Å². The normalized spacial score (nSPS) is 17.0. The predicted octanol–water partition coefficient (Wildman–Crippen LogP) is 2.89. The van der Waals surface area contributed by atoms with Crippen LogP contribution >= 0.6 is 0 Å². The summed E-state index contributed by atoms with van der Waals surface area (Å²) < 4.78 is 0. The highest BCUT2D eigenvalue weighted by molar-refractivity contribution is 5.95. The van der Waals surface area contributed by atoms with E-state index in [1.807, 2.05) is 20.8 Å². The zero-order chi connectivity index (χ0) is 17.3. The second kappa shape index (κ2) is 6.28. The first-order valence-corrected chi connectivity index (χ1v) is 8.00. The SMILES string of the molecule is CC(C)(C)c1ccc(C(=O)NC2(CN)CCCC2)cc1[N+](=O)[O-]. The molecule has 3 N–H and O–H groups in total. The lowest BCUT2D eigenvalue weighted by atomic mass is 9.85. The Bertz CT molecular complexity index is 614. The lowest BCUT2D eigenvalue weighted by Crippen LogP contribution is -2.51. The molecule has 1 saturated carbocycles. The van der Waals surface area contributed by atoms with Crippen molar-refractivity contribution >= 4 is 11.6 Å². The van der Waals surface area contributed by atoms with Crippen LogP contribution in [0.3, 0.4) is 0 Å². The highest BCUT2D eigenvalue weighted by Gasteiger charge is 2.34. The van der Waals surface area contributed by atoms with E-state index in [1.165, 1.54) is 6.07 Å². The van der Waals surface area contributed by atoms with Gasteiger partial charge in [-0.2, -0.15) is 0 Å². The zero-order valence-corrected chi connectivity index (χ0v) is 14.0. The number of hydrogen-bond donors (Lipinski definition) is 2. The Morgan fingerprint density at radius 1 is 1.35 bits per heavy atom. The second-order valence-electron chi connectivity index (χ2n) is 7.38. The zero-order valence-electron chi connectivity index (χ0n) is 14.0. The van der Waals surface area contributed by atoms with Crippen molar-refractivity contribution in [3.05, 3.63) is 39.4 Å². The van der Waals surface area contributed by atoms with Crippen molar-refractivity contribution in [3.8, 4) is 0 Å². The van der Waals surface area contributed by atoms with Gasteiger partial charge in [-0.1, -0.05) is 39.7 Å². The highest BCUT2D eigenvalue weighted by Crippen LogP contribution is 2.33. The molecule has 0 saturated heterocycles. The fourth-order valence-corrected chi connectivity index (χ4v) is 3.20. The first-order chi connectivity index (χ1) is 10.7. The minimum Gasteiger partial charge on any atom is -0.345 e. The van der Waals surface area contributed by atoms with Crippen molar-refractivity contribution < 1.29 is 9.72 Å². The number of carbonyl (C=O) groups is 1. The van der Waals surface area contributed by atoms with E-state index >= 15 is 0 Å². The molecule has 0 heterocycles. The molecule has 2 rings (SSSR count). The quantitative estimate of drug-likeness (QED) is 0.658. The highest BCUT2D eigenvalue weighted by atomic mass is 16.6. The number of carbonyl (C=O) groups excluding carboxylic acids is 1. The molecule has 0 aliphatic heterocycles. The molecule has 1 fully saturated rings. The van der Waals surface area contributed by atoms with Gasteiger partial charge in [0.1, 0.15) is 0 Å². The summed E-state index contributed by atoms with van der Waals surface area (Å²) in [5, 5.41) is 14.4. The average Bonchev–Trinajstić information content (AvgIpc) is 2.94. The number of nitro groups is 1. The number of amides is 1. The van der Waals surface area contributed by atoms with Crippen molar-refractivity contribution in [2.24, 2.45) is 5.73 Å². The van der Waals surface area contributed by atoms with Gasteiger partial charge in [-0.25, -0.2) is 0 Å². The topological polar surface area (TPSA) is 98.3 Å². The summed E-state index contributed by atoms with van der Waals surface area (Å²) in [5.41, 5.74) is 6.02. The van der Waals surface area contributed by atoms with E-state index < -0.39 is 4.92 Å². The summed E-state index contributed by atoms with van der Waals surface area (Å²) in [6.45, 7) is 6.13. The largest absolute Gasteiger partial charge is 0.345 e. The molecule has 23 heavy (non-hydrogen) atoms. The van der Waals surface area contributed by atoms with Crippen LogP contribution in [0.15, 0.2) is 18.2 Å². The molecule has 0 bridgehead atoms. The third-order valence-electron chi connectivity index (χ3n) is 4.59. The van der Waals surface area contributed by atoms with Crippen LogP contribution < -0.4 is 11.1 Å². The smallest absolute Gasteiger partial charge is 0.273 e. The van der Waals surface area contributed by atoms with Crippen LogP contribution in [0.2, 0.25) is 0 Å². The Kier molecular flexibility index (Phi) is 4.75. The standard InChI is InChI=1S/C17H25N3O3/c1-16(2,3)13-7-6-12(10-14(13)20(22)23)15(21)19-17(11-18)8-4-5-9-17/h6-7,10H,4-5,8-9,11,18H2,1-3H3,(H,19,21). The van der Waals surface area contributed by atoms with E-state index in [0.717, 1.165) is 25.7 Å². The number of nitro benzene ring substituents is 1. The van der Waals surface area contributed by atoms with E-state index in [2.05, 4.69) is 5.32 Å². The summed E-state index contributed by atoms with van der Waals surface area (Å²) in [4.78, 5) is 23.4. The number of nitrogens with two attached hydrogens (primary N) is 1. The van der Waals surface area contributed by atoms with Gasteiger partial charge in [-0.3, -0.25) is 14.9 Å². The van der Waals surface area contributed by atoms with Crippen LogP contribution in [0.5, 0.6) is 0 Å². The summed E-state index contributed by atoms with van der Waals surface area (Å²) in [5.74, 6) is -0.291. The molecule has 1 amide bonds. The number of benzene rings is 1. The molecule has 0 unspecified atom stereocenters. The van der Waals surface area contributed by atoms with Gasteiger partial charge in [0.05, 0.1) is 10.5 Å². The number of rotatable bonds is 4. The molecule has 0 atom stereocenters. The van der Waals surface area contributed by atoms with Crippen molar-refractivity contribution in [3.63, 3.8) is 0 Å². The average molecular weight is 319 g/mol. The lowest BCUT2D eigenvalue weighted by molar-refractivity contribution is -0.386. The van der Waals surface area contributed by atoms with Crippen LogP contribution in [0.25, 0.3) is 0 Å². The molecular formula is C17H25N3O3. The number of nitrogens with one attached hydrogen (secondary N) is 1. The van der Waals surface area contributed by atoms with Gasteiger partial charge in [0, 0.05) is 23.7 Å². The fourth-order valence-electron chi connectivity index (χ4n) is 3.20. The number of hydrogen-bond acceptors (Lipinski definition) is 4. The molecule has 1 aromatic rings. The second-order valence-corrected chi connectivity index (χ2v) is 7.38. The van der Waals surface area contributed by atoms with Gasteiger partial charge in [-0.05, 0) is 24.3 Å². The van der Waals surface area contributed by atoms with Crippen LogP contribution in [0.1, 0.15) is 62.4 Å². The van der Waals surface area contributed by atoms with Gasteiger partial charge in [0.25, 0.3) is 11.6 Å².